The lowest BCUT2D eigenvalue weighted by atomic mass is 9.80. The number of benzene rings is 2. The summed E-state index contributed by atoms with van der Waals surface area (Å²) in [5.74, 6) is -1.90. The Balaban J connectivity index is 2.08. The number of carbonyl (C=O) groups is 2. The van der Waals surface area contributed by atoms with Gasteiger partial charge in [0.2, 0.25) is 0 Å². The molecule has 162 valence electrons. The van der Waals surface area contributed by atoms with Gasteiger partial charge in [0, 0.05) is 11.5 Å². The van der Waals surface area contributed by atoms with Gasteiger partial charge in [0.25, 0.3) is 0 Å². The minimum Gasteiger partial charge on any atom is -0.506 e. The Kier molecular flexibility index (Phi) is 5.04. The zero-order valence-electron chi connectivity index (χ0n) is 18.0. The molecule has 0 aromatic heterocycles. The molecule has 31 heavy (non-hydrogen) atoms. The van der Waals surface area contributed by atoms with Crippen molar-refractivity contribution in [2.45, 2.75) is 51.7 Å². The van der Waals surface area contributed by atoms with Crippen LogP contribution in [0.5, 0.6) is 17.2 Å². The zero-order valence-corrected chi connectivity index (χ0v) is 18.0. The van der Waals surface area contributed by atoms with Crippen LogP contribution in [0.2, 0.25) is 0 Å². The largest absolute Gasteiger partial charge is 0.506 e. The van der Waals surface area contributed by atoms with Gasteiger partial charge < -0.3 is 19.7 Å². The molecule has 4 rings (SSSR count). The van der Waals surface area contributed by atoms with Crippen molar-refractivity contribution in [1.29, 1.82) is 0 Å². The van der Waals surface area contributed by atoms with E-state index in [1.54, 1.807) is 26.0 Å². The Morgan fingerprint density at radius 2 is 1.84 bits per heavy atom. The molecule has 3 atom stereocenters. The van der Waals surface area contributed by atoms with Crippen LogP contribution in [0.3, 0.4) is 0 Å². The summed E-state index contributed by atoms with van der Waals surface area (Å²) in [6.07, 6.45) is 2.89. The van der Waals surface area contributed by atoms with Gasteiger partial charge in [0.15, 0.2) is 5.78 Å². The Morgan fingerprint density at radius 3 is 2.48 bits per heavy atom. The van der Waals surface area contributed by atoms with Crippen LogP contribution in [0.4, 0.5) is 0 Å². The van der Waals surface area contributed by atoms with E-state index in [1.807, 2.05) is 44.2 Å². The highest BCUT2D eigenvalue weighted by Crippen LogP contribution is 2.54. The molecule has 0 amide bonds. The smallest absolute Gasteiger partial charge is 0.304 e. The van der Waals surface area contributed by atoms with Gasteiger partial charge in [-0.2, -0.15) is 0 Å². The molecule has 0 unspecified atom stereocenters. The van der Waals surface area contributed by atoms with Crippen molar-refractivity contribution >= 4 is 17.8 Å². The van der Waals surface area contributed by atoms with Crippen molar-refractivity contribution in [1.82, 2.24) is 0 Å². The summed E-state index contributed by atoms with van der Waals surface area (Å²) in [6, 6.07) is 9.23. The molecule has 0 saturated heterocycles. The second kappa shape index (κ2) is 7.45. The third kappa shape index (κ3) is 3.56. The first-order chi connectivity index (χ1) is 14.6. The van der Waals surface area contributed by atoms with E-state index in [2.05, 4.69) is 0 Å². The minimum absolute atomic E-state index is 0.0960. The maximum absolute atomic E-state index is 13.2. The van der Waals surface area contributed by atoms with E-state index in [1.165, 1.54) is 0 Å². The zero-order chi connectivity index (χ0) is 22.5. The second-order valence-corrected chi connectivity index (χ2v) is 8.79. The van der Waals surface area contributed by atoms with Crippen molar-refractivity contribution in [2.24, 2.45) is 5.92 Å². The highest BCUT2D eigenvalue weighted by atomic mass is 16.5. The van der Waals surface area contributed by atoms with Crippen LogP contribution < -0.4 is 9.47 Å². The predicted octanol–water partition coefficient (Wildman–Crippen LogP) is 4.78. The number of hydrogen-bond acceptors (Lipinski definition) is 5. The molecule has 6 nitrogen and oxygen atoms in total. The maximum Gasteiger partial charge on any atom is 0.304 e. The summed E-state index contributed by atoms with van der Waals surface area (Å²) in [5.41, 5.74) is 1.04. The van der Waals surface area contributed by atoms with Gasteiger partial charge in [-0.15, -0.1) is 0 Å². The normalized spacial score (nSPS) is 22.0. The summed E-state index contributed by atoms with van der Waals surface area (Å²) in [5, 5.41) is 20.7. The van der Waals surface area contributed by atoms with Crippen molar-refractivity contribution in [3.05, 3.63) is 58.7 Å². The number of Topliss-reactive ketones (excluding diaryl/α,β-unsaturated/α-hetero) is 1. The average Bonchev–Trinajstić information content (AvgIpc) is 2.70. The number of rotatable bonds is 4. The van der Waals surface area contributed by atoms with E-state index in [0.29, 0.717) is 16.9 Å². The highest BCUT2D eigenvalue weighted by Gasteiger charge is 2.42. The minimum atomic E-state index is -0.987. The molecule has 2 aliphatic heterocycles. The first kappa shape index (κ1) is 21.0. The summed E-state index contributed by atoms with van der Waals surface area (Å²) in [6.45, 7) is 7.30. The molecule has 0 aliphatic carbocycles. The van der Waals surface area contributed by atoms with E-state index in [-0.39, 0.29) is 29.3 Å². The number of aliphatic carboxylic acids is 1. The Hall–Kier alpha value is -3.28. The van der Waals surface area contributed by atoms with E-state index in [0.717, 1.165) is 5.56 Å². The van der Waals surface area contributed by atoms with Gasteiger partial charge in [0.1, 0.15) is 34.5 Å². The summed E-state index contributed by atoms with van der Waals surface area (Å²) in [4.78, 5) is 25.0. The van der Waals surface area contributed by atoms with Crippen LogP contribution >= 0.6 is 0 Å². The van der Waals surface area contributed by atoms with Gasteiger partial charge in [-0.05, 0) is 38.5 Å². The fraction of sp³-hybridized carbons (Fsp3) is 0.360. The van der Waals surface area contributed by atoms with Crippen molar-refractivity contribution < 1.29 is 29.3 Å². The molecule has 0 fully saturated rings. The van der Waals surface area contributed by atoms with Crippen LogP contribution in [0.25, 0.3) is 6.08 Å². The number of hydrogen-bond donors (Lipinski definition) is 2. The fourth-order valence-corrected chi connectivity index (χ4v) is 4.22. The van der Waals surface area contributed by atoms with Crippen molar-refractivity contribution in [2.75, 3.05) is 0 Å². The number of carbonyl (C=O) groups excluding carboxylic acids is 1. The lowest BCUT2D eigenvalue weighted by molar-refractivity contribution is -0.137. The number of phenolic OH excluding ortho intramolecular Hbond substituents is 1. The molecule has 2 N–H and O–H groups in total. The number of phenols is 1. The molecule has 0 spiro atoms. The average molecular weight is 422 g/mol. The SMILES string of the molecule is C[C@@H]1C(=O)c2c(O)c3c(c([C@@H](CC(=O)O)c4ccccc4)c2O[C@@H]1C)OC(C)(C)C=C3. The number of ether oxygens (including phenoxy) is 2. The van der Waals surface area contributed by atoms with E-state index in [4.69, 9.17) is 9.47 Å². The second-order valence-electron chi connectivity index (χ2n) is 8.79. The molecule has 2 aromatic carbocycles. The molecule has 0 radical (unpaired) electrons. The lowest BCUT2D eigenvalue weighted by Crippen LogP contribution is -2.36. The van der Waals surface area contributed by atoms with E-state index >= 15 is 0 Å². The molecular formula is C25H26O6. The molecule has 0 saturated carbocycles. The molecule has 2 aliphatic rings. The van der Waals surface area contributed by atoms with Crippen LogP contribution in [0.15, 0.2) is 36.4 Å². The third-order valence-corrected chi connectivity index (χ3v) is 6.07. The van der Waals surface area contributed by atoms with Gasteiger partial charge >= 0.3 is 5.97 Å². The van der Waals surface area contributed by atoms with E-state index < -0.39 is 29.5 Å². The third-order valence-electron chi connectivity index (χ3n) is 6.07. The lowest BCUT2D eigenvalue weighted by Gasteiger charge is -2.37. The van der Waals surface area contributed by atoms with Crippen LogP contribution in [0, 0.1) is 5.92 Å². The molecule has 2 heterocycles. The first-order valence-electron chi connectivity index (χ1n) is 10.4. The van der Waals surface area contributed by atoms with Crippen molar-refractivity contribution in [3.8, 4) is 17.2 Å². The Bertz CT molecular complexity index is 1080. The van der Waals surface area contributed by atoms with Gasteiger partial charge in [-0.1, -0.05) is 37.3 Å². The Labute approximate surface area is 181 Å². The monoisotopic (exact) mass is 422 g/mol. The quantitative estimate of drug-likeness (QED) is 0.736. The predicted molar refractivity (Wildman–Crippen MR) is 116 cm³/mol. The number of carboxylic acids is 1. The van der Waals surface area contributed by atoms with Crippen molar-refractivity contribution in [3.63, 3.8) is 0 Å². The van der Waals surface area contributed by atoms with Crippen LogP contribution in [0.1, 0.15) is 67.1 Å². The summed E-state index contributed by atoms with van der Waals surface area (Å²) < 4.78 is 12.4. The molecular weight excluding hydrogens is 396 g/mol. The molecule has 2 aromatic rings. The van der Waals surface area contributed by atoms with Crippen LogP contribution in [-0.4, -0.2) is 33.7 Å². The van der Waals surface area contributed by atoms with Gasteiger partial charge in [-0.25, -0.2) is 0 Å². The topological polar surface area (TPSA) is 93.1 Å². The number of carboxylic acid groups (broad SMARTS) is 1. The summed E-state index contributed by atoms with van der Waals surface area (Å²) in [7, 11) is 0. The Morgan fingerprint density at radius 1 is 1.16 bits per heavy atom. The maximum atomic E-state index is 13.2. The van der Waals surface area contributed by atoms with Crippen LogP contribution in [-0.2, 0) is 4.79 Å². The highest BCUT2D eigenvalue weighted by molar-refractivity contribution is 6.06. The van der Waals surface area contributed by atoms with E-state index in [9.17, 15) is 19.8 Å². The number of fused-ring (bicyclic) bond motifs is 2. The molecule has 6 heteroatoms. The van der Waals surface area contributed by atoms with Gasteiger partial charge in [-0.3, -0.25) is 9.59 Å². The number of ketones is 1. The summed E-state index contributed by atoms with van der Waals surface area (Å²) >= 11 is 0. The fourth-order valence-electron chi connectivity index (χ4n) is 4.22. The van der Waals surface area contributed by atoms with Gasteiger partial charge in [0.05, 0.1) is 17.9 Å². The molecule has 0 bridgehead atoms. The number of aromatic hydroxyl groups is 1. The standard InChI is InChI=1S/C25H26O6/c1-13-14(2)30-24-19(17(12-18(26)27)15-8-6-5-7-9-15)23-16(10-11-25(3,4)31-23)22(29)20(24)21(13)28/h5-11,13-14,17,29H,12H2,1-4H3,(H,26,27)/t13-,14+,17-/m0/s1. The first-order valence-corrected chi connectivity index (χ1v) is 10.4.